The minimum absolute atomic E-state index is 0.229. The fourth-order valence-corrected chi connectivity index (χ4v) is 1.59. The maximum Gasteiger partial charge on any atom is 0.226 e. The Kier molecular flexibility index (Phi) is 3.94. The summed E-state index contributed by atoms with van der Waals surface area (Å²) in [7, 11) is 0. The lowest BCUT2D eigenvalue weighted by atomic mass is 10.1. The summed E-state index contributed by atoms with van der Waals surface area (Å²) < 4.78 is 10.6. The zero-order valence-corrected chi connectivity index (χ0v) is 10.5. The van der Waals surface area contributed by atoms with Gasteiger partial charge < -0.3 is 14.4 Å². The predicted molar refractivity (Wildman–Crippen MR) is 65.1 cm³/mol. The summed E-state index contributed by atoms with van der Waals surface area (Å²) >= 11 is 0. The van der Waals surface area contributed by atoms with Crippen molar-refractivity contribution in [3.05, 3.63) is 41.5 Å². The smallest absolute Gasteiger partial charge is 0.226 e. The van der Waals surface area contributed by atoms with Crippen molar-refractivity contribution < 1.29 is 14.4 Å². The van der Waals surface area contributed by atoms with E-state index in [-0.39, 0.29) is 6.61 Å². The number of ether oxygens (including phenoxy) is 1. The molecule has 1 N–H and O–H groups in total. The zero-order chi connectivity index (χ0) is 13.0. The van der Waals surface area contributed by atoms with Gasteiger partial charge >= 0.3 is 0 Å². The zero-order valence-electron chi connectivity index (χ0n) is 10.5. The molecule has 1 aromatic carbocycles. The first kappa shape index (κ1) is 12.6. The third-order valence-electron chi connectivity index (χ3n) is 2.54. The summed E-state index contributed by atoms with van der Waals surface area (Å²) in [5.41, 5.74) is 0.747. The minimum Gasteiger partial charge on any atom is -0.485 e. The van der Waals surface area contributed by atoms with Crippen LogP contribution in [0.15, 0.2) is 28.8 Å². The molecular weight excluding hydrogens is 232 g/mol. The van der Waals surface area contributed by atoms with Gasteiger partial charge in [-0.2, -0.15) is 4.98 Å². The van der Waals surface area contributed by atoms with Gasteiger partial charge in [0.2, 0.25) is 11.7 Å². The standard InChI is InChI=1S/C13H16N2O3/c1-3-13-14-12(15-18-13)8-17-11-7-5-4-6-10(11)9(2)16/h4-7,9,16H,3,8H2,1-2H3/t9-/m0/s1. The van der Waals surface area contributed by atoms with Crippen molar-refractivity contribution in [2.75, 3.05) is 0 Å². The van der Waals surface area contributed by atoms with Crippen LogP contribution < -0.4 is 4.74 Å². The molecule has 1 atom stereocenters. The minimum atomic E-state index is -0.572. The molecular formula is C13H16N2O3. The van der Waals surface area contributed by atoms with Gasteiger partial charge in [0, 0.05) is 12.0 Å². The Balaban J connectivity index is 2.05. The third kappa shape index (κ3) is 2.87. The molecule has 0 radical (unpaired) electrons. The van der Waals surface area contributed by atoms with Crippen molar-refractivity contribution in [2.24, 2.45) is 0 Å². The van der Waals surface area contributed by atoms with Crippen LogP contribution in [-0.2, 0) is 13.0 Å². The second-order valence-corrected chi connectivity index (χ2v) is 3.96. The van der Waals surface area contributed by atoms with Crippen LogP contribution in [0.4, 0.5) is 0 Å². The van der Waals surface area contributed by atoms with E-state index in [1.807, 2.05) is 31.2 Å². The summed E-state index contributed by atoms with van der Waals surface area (Å²) in [6.07, 6.45) is 0.134. The fourth-order valence-electron chi connectivity index (χ4n) is 1.59. The lowest BCUT2D eigenvalue weighted by molar-refractivity contribution is 0.189. The Morgan fingerprint density at radius 2 is 2.17 bits per heavy atom. The van der Waals surface area contributed by atoms with E-state index in [1.54, 1.807) is 6.92 Å². The van der Waals surface area contributed by atoms with E-state index >= 15 is 0 Å². The van der Waals surface area contributed by atoms with E-state index in [9.17, 15) is 5.11 Å². The number of aryl methyl sites for hydroxylation is 1. The maximum absolute atomic E-state index is 9.61. The first-order chi connectivity index (χ1) is 8.70. The van der Waals surface area contributed by atoms with E-state index in [0.29, 0.717) is 23.9 Å². The molecule has 18 heavy (non-hydrogen) atoms. The van der Waals surface area contributed by atoms with Gasteiger partial charge in [-0.15, -0.1) is 0 Å². The molecule has 2 rings (SSSR count). The van der Waals surface area contributed by atoms with Gasteiger partial charge in [-0.05, 0) is 13.0 Å². The quantitative estimate of drug-likeness (QED) is 0.879. The molecule has 0 unspecified atom stereocenters. The first-order valence-electron chi connectivity index (χ1n) is 5.92. The lowest BCUT2D eigenvalue weighted by Crippen LogP contribution is -2.02. The number of hydrogen-bond acceptors (Lipinski definition) is 5. The van der Waals surface area contributed by atoms with E-state index in [0.717, 1.165) is 5.56 Å². The SMILES string of the molecule is CCc1nc(COc2ccccc2[C@H](C)O)no1. The number of aromatic nitrogens is 2. The summed E-state index contributed by atoms with van der Waals surface area (Å²) in [5, 5.41) is 13.4. The number of benzene rings is 1. The molecule has 96 valence electrons. The van der Waals surface area contributed by atoms with Crippen LogP contribution in [0.1, 0.15) is 37.2 Å². The summed E-state index contributed by atoms with van der Waals surface area (Å²) in [5.74, 6) is 1.74. The van der Waals surface area contributed by atoms with Crippen molar-refractivity contribution in [3.63, 3.8) is 0 Å². The summed E-state index contributed by atoms with van der Waals surface area (Å²) in [4.78, 5) is 4.15. The Hall–Kier alpha value is -1.88. The van der Waals surface area contributed by atoms with Crippen molar-refractivity contribution in [1.29, 1.82) is 0 Å². The second kappa shape index (κ2) is 5.64. The number of nitrogens with zero attached hydrogens (tertiary/aromatic N) is 2. The third-order valence-corrected chi connectivity index (χ3v) is 2.54. The van der Waals surface area contributed by atoms with Gasteiger partial charge in [-0.25, -0.2) is 0 Å². The molecule has 5 nitrogen and oxygen atoms in total. The van der Waals surface area contributed by atoms with Crippen molar-refractivity contribution >= 4 is 0 Å². The second-order valence-electron chi connectivity index (χ2n) is 3.96. The predicted octanol–water partition coefficient (Wildman–Crippen LogP) is 2.26. The largest absolute Gasteiger partial charge is 0.485 e. The highest BCUT2D eigenvalue weighted by Gasteiger charge is 2.10. The summed E-state index contributed by atoms with van der Waals surface area (Å²) in [6.45, 7) is 3.87. The Morgan fingerprint density at radius 3 is 2.83 bits per heavy atom. The highest BCUT2D eigenvalue weighted by Crippen LogP contribution is 2.25. The molecule has 0 saturated heterocycles. The highest BCUT2D eigenvalue weighted by molar-refractivity contribution is 5.34. The van der Waals surface area contributed by atoms with Crippen LogP contribution in [0.5, 0.6) is 5.75 Å². The number of aliphatic hydroxyl groups excluding tert-OH is 1. The van der Waals surface area contributed by atoms with Crippen LogP contribution >= 0.6 is 0 Å². The molecule has 0 aliphatic heterocycles. The van der Waals surface area contributed by atoms with Crippen LogP contribution in [0.2, 0.25) is 0 Å². The molecule has 0 aliphatic rings. The topological polar surface area (TPSA) is 68.4 Å². The van der Waals surface area contributed by atoms with E-state index < -0.39 is 6.10 Å². The van der Waals surface area contributed by atoms with Gasteiger partial charge in [0.05, 0.1) is 6.10 Å². The van der Waals surface area contributed by atoms with Crippen LogP contribution in [0, 0.1) is 0 Å². The van der Waals surface area contributed by atoms with Gasteiger partial charge in [-0.3, -0.25) is 0 Å². The van der Waals surface area contributed by atoms with Gasteiger partial charge in [0.25, 0.3) is 0 Å². The lowest BCUT2D eigenvalue weighted by Gasteiger charge is -2.11. The number of para-hydroxylation sites is 1. The average Bonchev–Trinajstić information content (AvgIpc) is 2.84. The number of rotatable bonds is 5. The Bertz CT molecular complexity index is 508. The molecule has 0 fully saturated rings. The van der Waals surface area contributed by atoms with Crippen molar-refractivity contribution in [1.82, 2.24) is 10.1 Å². The first-order valence-corrected chi connectivity index (χ1v) is 5.92. The molecule has 0 saturated carbocycles. The molecule has 0 aliphatic carbocycles. The van der Waals surface area contributed by atoms with Crippen molar-refractivity contribution in [2.45, 2.75) is 33.0 Å². The van der Waals surface area contributed by atoms with Gasteiger partial charge in [0.1, 0.15) is 5.75 Å². The fraction of sp³-hybridized carbons (Fsp3) is 0.385. The number of aliphatic hydroxyl groups is 1. The van der Waals surface area contributed by atoms with Crippen molar-refractivity contribution in [3.8, 4) is 5.75 Å². The van der Waals surface area contributed by atoms with E-state index in [4.69, 9.17) is 9.26 Å². The summed E-state index contributed by atoms with van der Waals surface area (Å²) in [6, 6.07) is 7.35. The van der Waals surface area contributed by atoms with Crippen LogP contribution in [-0.4, -0.2) is 15.2 Å². The molecule has 0 spiro atoms. The van der Waals surface area contributed by atoms with Crippen LogP contribution in [0.3, 0.4) is 0 Å². The highest BCUT2D eigenvalue weighted by atomic mass is 16.5. The van der Waals surface area contributed by atoms with E-state index in [2.05, 4.69) is 10.1 Å². The molecule has 0 amide bonds. The van der Waals surface area contributed by atoms with E-state index in [1.165, 1.54) is 0 Å². The normalized spacial score (nSPS) is 12.4. The average molecular weight is 248 g/mol. The molecule has 1 aromatic heterocycles. The monoisotopic (exact) mass is 248 g/mol. The van der Waals surface area contributed by atoms with Gasteiger partial charge in [0.15, 0.2) is 6.61 Å². The molecule has 0 bridgehead atoms. The molecule has 2 aromatic rings. The number of hydrogen-bond donors (Lipinski definition) is 1. The maximum atomic E-state index is 9.61. The van der Waals surface area contributed by atoms with Gasteiger partial charge in [-0.1, -0.05) is 30.3 Å². The molecule has 5 heteroatoms. The van der Waals surface area contributed by atoms with Crippen LogP contribution in [0.25, 0.3) is 0 Å². The Labute approximate surface area is 105 Å². The molecule has 1 heterocycles. The Morgan fingerprint density at radius 1 is 1.39 bits per heavy atom.